The maximum Gasteiger partial charge on any atom is 0.158 e. The number of rotatable bonds is 4. The lowest BCUT2D eigenvalue weighted by molar-refractivity contribution is -0.299. The topological polar surface area (TPSA) is 84.2 Å². The van der Waals surface area contributed by atoms with Crippen molar-refractivity contribution in [1.29, 1.82) is 5.26 Å². The Hall–Kier alpha value is -3.65. The first kappa shape index (κ1) is 20.1. The number of aliphatic carboxylic acids is 1. The maximum atomic E-state index is 12.7. The molecule has 146 valence electrons. The van der Waals surface area contributed by atoms with E-state index in [1.165, 1.54) is 6.92 Å². The van der Waals surface area contributed by atoms with Crippen LogP contribution in [0.3, 0.4) is 0 Å². The van der Waals surface area contributed by atoms with Gasteiger partial charge in [-0.05, 0) is 63.1 Å². The smallest absolute Gasteiger partial charge is 0.158 e. The van der Waals surface area contributed by atoms with Gasteiger partial charge in [-0.25, -0.2) is 0 Å². The molecule has 1 aliphatic rings. The van der Waals surface area contributed by atoms with Crippen molar-refractivity contribution in [3.05, 3.63) is 87.8 Å². The second-order valence-electron chi connectivity index (χ2n) is 7.18. The van der Waals surface area contributed by atoms with E-state index in [-0.39, 0.29) is 11.4 Å². The molecule has 0 aliphatic carbocycles. The van der Waals surface area contributed by atoms with E-state index in [4.69, 9.17) is 5.26 Å². The molecule has 0 N–H and O–H groups in total. The van der Waals surface area contributed by atoms with Gasteiger partial charge in [0.2, 0.25) is 0 Å². The van der Waals surface area contributed by atoms with Crippen LogP contribution >= 0.6 is 0 Å². The van der Waals surface area contributed by atoms with E-state index < -0.39 is 11.9 Å². The molecule has 0 radical (unpaired) electrons. The number of hydrogen-bond acceptors (Lipinski definition) is 5. The van der Waals surface area contributed by atoms with Crippen LogP contribution in [0.15, 0.2) is 71.1 Å². The molecule has 5 nitrogen and oxygen atoms in total. The Morgan fingerprint density at radius 3 is 2.14 bits per heavy atom. The zero-order valence-corrected chi connectivity index (χ0v) is 16.8. The highest BCUT2D eigenvalue weighted by atomic mass is 16.4. The van der Waals surface area contributed by atoms with Gasteiger partial charge in [-0.15, -0.1) is 0 Å². The second-order valence-corrected chi connectivity index (χ2v) is 7.18. The number of carbonyl (C=O) groups excluding carboxylic acids is 2. The van der Waals surface area contributed by atoms with Crippen LogP contribution < -0.4 is 10.0 Å². The molecule has 1 unspecified atom stereocenters. The lowest BCUT2D eigenvalue weighted by Gasteiger charge is -2.39. The SMILES string of the molecule is CC(=O)C1=C(C)N(c2cccc(C)c2)C(C)=C(C(=O)[O-])C1c1ccc(C#N)cc1. The highest BCUT2D eigenvalue weighted by molar-refractivity contribution is 6.02. The third kappa shape index (κ3) is 3.57. The molecule has 1 aliphatic heterocycles. The molecule has 1 atom stereocenters. The number of carbonyl (C=O) groups is 2. The molecule has 0 saturated carbocycles. The zero-order chi connectivity index (χ0) is 21.3. The Labute approximate surface area is 170 Å². The Morgan fingerprint density at radius 2 is 1.62 bits per heavy atom. The Morgan fingerprint density at radius 1 is 1.00 bits per heavy atom. The average molecular weight is 385 g/mol. The summed E-state index contributed by atoms with van der Waals surface area (Å²) in [4.78, 5) is 26.7. The highest BCUT2D eigenvalue weighted by Crippen LogP contribution is 2.43. The van der Waals surface area contributed by atoms with Crippen molar-refractivity contribution >= 4 is 17.4 Å². The van der Waals surface area contributed by atoms with E-state index in [1.807, 2.05) is 44.2 Å². The first-order chi connectivity index (χ1) is 13.8. The maximum absolute atomic E-state index is 12.7. The molecule has 2 aromatic rings. The van der Waals surface area contributed by atoms with Crippen LogP contribution in [0.4, 0.5) is 5.69 Å². The fourth-order valence-corrected chi connectivity index (χ4v) is 4.02. The van der Waals surface area contributed by atoms with Gasteiger partial charge in [0.05, 0.1) is 17.6 Å². The first-order valence-electron chi connectivity index (χ1n) is 9.27. The molecule has 0 saturated heterocycles. The summed E-state index contributed by atoms with van der Waals surface area (Å²) in [5.74, 6) is -2.28. The molecule has 2 aromatic carbocycles. The summed E-state index contributed by atoms with van der Waals surface area (Å²) in [6, 6.07) is 16.4. The van der Waals surface area contributed by atoms with Crippen LogP contribution in [0.2, 0.25) is 0 Å². The number of ketones is 1. The third-order valence-electron chi connectivity index (χ3n) is 5.26. The minimum absolute atomic E-state index is 0.0482. The van der Waals surface area contributed by atoms with E-state index in [0.717, 1.165) is 11.3 Å². The van der Waals surface area contributed by atoms with Gasteiger partial charge in [-0.1, -0.05) is 24.3 Å². The molecule has 0 amide bonds. The van der Waals surface area contributed by atoms with Crippen molar-refractivity contribution in [2.75, 3.05) is 4.90 Å². The molecule has 3 rings (SSSR count). The Kier molecular flexibility index (Phi) is 5.38. The number of benzene rings is 2. The Balaban J connectivity index is 2.29. The van der Waals surface area contributed by atoms with Gasteiger partial charge >= 0.3 is 0 Å². The van der Waals surface area contributed by atoms with Crippen molar-refractivity contribution < 1.29 is 14.7 Å². The molecule has 0 fully saturated rings. The van der Waals surface area contributed by atoms with Crippen LogP contribution in [0, 0.1) is 18.3 Å². The summed E-state index contributed by atoms with van der Waals surface area (Å²) in [6.07, 6.45) is 0. The van der Waals surface area contributed by atoms with Crippen molar-refractivity contribution in [1.82, 2.24) is 0 Å². The number of nitriles is 1. The summed E-state index contributed by atoms with van der Waals surface area (Å²) >= 11 is 0. The number of carboxylic acid groups (broad SMARTS) is 1. The highest BCUT2D eigenvalue weighted by Gasteiger charge is 2.35. The summed E-state index contributed by atoms with van der Waals surface area (Å²) < 4.78 is 0. The normalized spacial score (nSPS) is 16.7. The van der Waals surface area contributed by atoms with Gasteiger partial charge in [-0.3, -0.25) is 4.79 Å². The van der Waals surface area contributed by atoms with Crippen LogP contribution in [0.25, 0.3) is 0 Å². The molecule has 5 heteroatoms. The zero-order valence-electron chi connectivity index (χ0n) is 16.8. The quantitative estimate of drug-likeness (QED) is 0.806. The third-order valence-corrected chi connectivity index (χ3v) is 5.26. The van der Waals surface area contributed by atoms with E-state index in [0.29, 0.717) is 28.1 Å². The van der Waals surface area contributed by atoms with Gasteiger partial charge in [0.15, 0.2) is 5.78 Å². The van der Waals surface area contributed by atoms with Gasteiger partial charge < -0.3 is 14.8 Å². The van der Waals surface area contributed by atoms with Crippen molar-refractivity contribution in [3.63, 3.8) is 0 Å². The van der Waals surface area contributed by atoms with E-state index in [1.54, 1.807) is 36.1 Å². The number of hydrogen-bond donors (Lipinski definition) is 0. The van der Waals surface area contributed by atoms with Crippen molar-refractivity contribution in [2.45, 2.75) is 33.6 Å². The molecule has 29 heavy (non-hydrogen) atoms. The number of carboxylic acids is 1. The van der Waals surface area contributed by atoms with Crippen molar-refractivity contribution in [2.24, 2.45) is 0 Å². The van der Waals surface area contributed by atoms with Crippen LogP contribution in [0.1, 0.15) is 43.4 Å². The van der Waals surface area contributed by atoms with Crippen LogP contribution in [-0.2, 0) is 9.59 Å². The first-order valence-corrected chi connectivity index (χ1v) is 9.27. The fourth-order valence-electron chi connectivity index (χ4n) is 4.02. The molecule has 0 bridgehead atoms. The summed E-state index contributed by atoms with van der Waals surface area (Å²) in [6.45, 7) is 6.95. The van der Waals surface area contributed by atoms with Crippen LogP contribution in [0.5, 0.6) is 0 Å². The standard InChI is InChI=1S/C24H22N2O3/c1-14-6-5-7-20(12-14)26-15(2)21(17(4)27)23(22(16(26)3)24(28)29)19-10-8-18(13-25)9-11-19/h5-12,23H,1-4H3,(H,28,29)/p-1. The molecular formula is C24H21N2O3-. The predicted octanol–water partition coefficient (Wildman–Crippen LogP) is 3.36. The van der Waals surface area contributed by atoms with Gasteiger partial charge in [0, 0.05) is 34.1 Å². The fraction of sp³-hybridized carbons (Fsp3) is 0.208. The molecule has 0 aromatic heterocycles. The average Bonchev–Trinajstić information content (AvgIpc) is 2.67. The minimum Gasteiger partial charge on any atom is -0.545 e. The van der Waals surface area contributed by atoms with Gasteiger partial charge in [0.25, 0.3) is 0 Å². The van der Waals surface area contributed by atoms with E-state index >= 15 is 0 Å². The monoisotopic (exact) mass is 385 g/mol. The lowest BCUT2D eigenvalue weighted by atomic mass is 9.78. The van der Waals surface area contributed by atoms with Gasteiger partial charge in [0.1, 0.15) is 0 Å². The second kappa shape index (κ2) is 7.76. The molecular weight excluding hydrogens is 364 g/mol. The predicted molar refractivity (Wildman–Crippen MR) is 109 cm³/mol. The number of allylic oxidation sites excluding steroid dienone is 3. The number of nitrogens with zero attached hydrogens (tertiary/aromatic N) is 2. The van der Waals surface area contributed by atoms with Crippen LogP contribution in [-0.4, -0.2) is 11.8 Å². The Bertz CT molecular complexity index is 1060. The minimum atomic E-state index is -1.32. The summed E-state index contributed by atoms with van der Waals surface area (Å²) in [5.41, 5.74) is 4.55. The summed E-state index contributed by atoms with van der Waals surface area (Å²) in [7, 11) is 0. The number of aryl methyl sites for hydroxylation is 1. The van der Waals surface area contributed by atoms with Gasteiger partial charge in [-0.2, -0.15) is 5.26 Å². The molecule has 0 spiro atoms. The lowest BCUT2D eigenvalue weighted by Crippen LogP contribution is -2.38. The van der Waals surface area contributed by atoms with Crippen molar-refractivity contribution in [3.8, 4) is 6.07 Å². The number of anilines is 1. The largest absolute Gasteiger partial charge is 0.545 e. The van der Waals surface area contributed by atoms with E-state index in [2.05, 4.69) is 0 Å². The number of Topliss-reactive ketones (excluding diaryl/α,β-unsaturated/α-hetero) is 1. The summed E-state index contributed by atoms with van der Waals surface area (Å²) in [5, 5.41) is 21.3. The molecule has 1 heterocycles. The van der Waals surface area contributed by atoms with E-state index in [9.17, 15) is 14.7 Å².